The van der Waals surface area contributed by atoms with E-state index in [1.54, 1.807) is 14.0 Å². The van der Waals surface area contributed by atoms with E-state index in [9.17, 15) is 0 Å². The van der Waals surface area contributed by atoms with Crippen LogP contribution in [0.3, 0.4) is 0 Å². The molecule has 0 saturated heterocycles. The summed E-state index contributed by atoms with van der Waals surface area (Å²) < 4.78 is 20.4. The second-order valence-corrected chi connectivity index (χ2v) is 4.42. The summed E-state index contributed by atoms with van der Waals surface area (Å²) in [6, 6.07) is 5.79. The number of ether oxygens (including phenoxy) is 1. The number of hydrogen-bond acceptors (Lipinski definition) is 2. The van der Waals surface area contributed by atoms with Gasteiger partial charge in [-0.3, -0.25) is 0 Å². The van der Waals surface area contributed by atoms with Gasteiger partial charge < -0.3 is 4.74 Å². The Balaban J connectivity index is 3.08. The molecular weight excluding hydrogens is 193 g/mol. The minimum atomic E-state index is -1.25. The Hall–Kier alpha value is -0.630. The number of thioether (sulfide) groups is 1. The number of hydrogen-bond donors (Lipinski definition) is 0. The van der Waals surface area contributed by atoms with E-state index in [1.807, 2.05) is 18.2 Å². The molecule has 0 bridgehead atoms. The molecule has 14 heavy (non-hydrogen) atoms. The fraction of sp³-hybridized carbons (Fsp3) is 0.500. The molecule has 0 atom stereocenters. The fourth-order valence-electron chi connectivity index (χ4n) is 1.31. The molecule has 1 nitrogen and oxygen atoms in total. The Morgan fingerprint density at radius 1 is 1.50 bits per heavy atom. The summed E-state index contributed by atoms with van der Waals surface area (Å²) in [4.78, 5) is 0.989. The van der Waals surface area contributed by atoms with E-state index in [2.05, 4.69) is 13.8 Å². The third kappa shape index (κ3) is 2.68. The van der Waals surface area contributed by atoms with Crippen molar-refractivity contribution in [2.45, 2.75) is 31.6 Å². The van der Waals surface area contributed by atoms with Crippen molar-refractivity contribution < 1.29 is 7.48 Å². The molecule has 0 saturated carbocycles. The molecule has 0 aliphatic carbocycles. The van der Waals surface area contributed by atoms with Crippen LogP contribution in [0.15, 0.2) is 23.1 Å². The Bertz CT molecular complexity index is 359. The van der Waals surface area contributed by atoms with Crippen LogP contribution in [0, 0.1) is 0 Å². The van der Waals surface area contributed by atoms with E-state index in [-0.39, 0.29) is 0 Å². The van der Waals surface area contributed by atoms with E-state index in [0.717, 1.165) is 16.2 Å². The lowest BCUT2D eigenvalue weighted by molar-refractivity contribution is 0.413. The number of benzene rings is 1. The van der Waals surface area contributed by atoms with Gasteiger partial charge in [-0.25, -0.2) is 0 Å². The molecule has 0 unspecified atom stereocenters. The first-order valence-electron chi connectivity index (χ1n) is 5.70. The minimum Gasteiger partial charge on any atom is -0.497 e. The highest BCUT2D eigenvalue weighted by Gasteiger charge is 2.07. The normalized spacial score (nSPS) is 13.8. The molecule has 0 N–H and O–H groups in total. The largest absolute Gasteiger partial charge is 0.497 e. The Morgan fingerprint density at radius 2 is 2.21 bits per heavy atom. The van der Waals surface area contributed by atoms with Gasteiger partial charge in [-0.05, 0) is 35.4 Å². The van der Waals surface area contributed by atoms with Crippen molar-refractivity contribution in [3.05, 3.63) is 23.8 Å². The average Bonchev–Trinajstić information content (AvgIpc) is 2.15. The second kappa shape index (κ2) is 5.30. The van der Waals surface area contributed by atoms with Crippen molar-refractivity contribution in [1.29, 1.82) is 0 Å². The molecule has 1 aromatic rings. The topological polar surface area (TPSA) is 9.23 Å². The van der Waals surface area contributed by atoms with Gasteiger partial charge in [0.1, 0.15) is 5.75 Å². The van der Waals surface area contributed by atoms with E-state index in [1.165, 1.54) is 11.8 Å². The van der Waals surface area contributed by atoms with Crippen molar-refractivity contribution in [3.63, 3.8) is 0 Å². The molecule has 0 aromatic heterocycles. The molecule has 0 heterocycles. The molecule has 0 aliphatic heterocycles. The molecule has 0 amide bonds. The van der Waals surface area contributed by atoms with Crippen LogP contribution < -0.4 is 4.74 Å². The molecule has 1 aromatic carbocycles. The van der Waals surface area contributed by atoms with Gasteiger partial charge in [0.25, 0.3) is 0 Å². The zero-order valence-electron chi connectivity index (χ0n) is 11.1. The van der Waals surface area contributed by atoms with Gasteiger partial charge >= 0.3 is 0 Å². The average molecular weight is 211 g/mol. The van der Waals surface area contributed by atoms with Crippen molar-refractivity contribution in [1.82, 2.24) is 0 Å². The lowest BCUT2D eigenvalue weighted by atomic mass is 10.0. The highest BCUT2D eigenvalue weighted by Crippen LogP contribution is 2.31. The zero-order chi connectivity index (χ0) is 12.3. The molecular formula is C12H18OS. The fourth-order valence-corrected chi connectivity index (χ4v) is 2.08. The monoisotopic (exact) mass is 211 g/mol. The Labute approximate surface area is 93.7 Å². The van der Waals surface area contributed by atoms with Crippen molar-refractivity contribution in [2.75, 3.05) is 12.8 Å². The van der Waals surface area contributed by atoms with E-state index < -0.39 is 5.70 Å². The lowest BCUT2D eigenvalue weighted by Gasteiger charge is -2.13. The first-order chi connectivity index (χ1) is 7.33. The third-order valence-corrected chi connectivity index (χ3v) is 2.85. The maximum Gasteiger partial charge on any atom is 0.119 e. The molecule has 1 rings (SSSR count). The van der Waals surface area contributed by atoms with Crippen LogP contribution in [0.1, 0.15) is 35.0 Å². The van der Waals surface area contributed by atoms with Crippen molar-refractivity contribution in [3.8, 4) is 5.75 Å². The summed E-state index contributed by atoms with van der Waals surface area (Å²) in [5.74, 6) is 1.18. The third-order valence-electron chi connectivity index (χ3n) is 2.05. The van der Waals surface area contributed by atoms with Crippen LogP contribution in [0.4, 0.5) is 0 Å². The molecule has 2 heteroatoms. The molecule has 0 fully saturated rings. The molecule has 0 spiro atoms. The molecule has 0 radical (unpaired) electrons. The summed E-state index contributed by atoms with van der Waals surface area (Å²) in [7, 11) is 1.64. The zero-order valence-corrected chi connectivity index (χ0v) is 9.94. The van der Waals surface area contributed by atoms with E-state index >= 15 is 0 Å². The lowest BCUT2D eigenvalue weighted by Crippen LogP contribution is -1.93. The standard InChI is InChI=1S/C12H18OS/c1-5-14-12-7-6-10(13-4)8-11(12)9(2)3/h6-9H,5H2,1-4H3/i5+1H2. The van der Waals surface area contributed by atoms with Gasteiger partial charge in [0.05, 0.1) is 7.11 Å². The van der Waals surface area contributed by atoms with E-state index in [0.29, 0.717) is 5.92 Å². The van der Waals surface area contributed by atoms with Crippen LogP contribution in [0.5, 0.6) is 5.75 Å². The summed E-state index contributed by atoms with van der Waals surface area (Å²) in [6.07, 6.45) is 0. The first-order valence-corrected chi connectivity index (χ1v) is 5.52. The summed E-state index contributed by atoms with van der Waals surface area (Å²) in [6.45, 7) is 5.78. The second-order valence-electron chi connectivity index (χ2n) is 3.36. The number of methoxy groups -OCH3 is 1. The Morgan fingerprint density at radius 3 is 2.71 bits per heavy atom. The molecule has 78 valence electrons. The van der Waals surface area contributed by atoms with Gasteiger partial charge in [0.2, 0.25) is 0 Å². The highest BCUT2D eigenvalue weighted by atomic mass is 32.2. The summed E-state index contributed by atoms with van der Waals surface area (Å²) >= 11 is 1.25. The summed E-state index contributed by atoms with van der Waals surface area (Å²) in [5, 5.41) is 0. The SMILES string of the molecule is [1H][13C]([1H])(C)Sc1ccc(OC)cc1C(C)C. The van der Waals surface area contributed by atoms with E-state index in [4.69, 9.17) is 7.48 Å². The minimum absolute atomic E-state index is 0.361. The van der Waals surface area contributed by atoms with Gasteiger partial charge in [-0.2, -0.15) is 0 Å². The van der Waals surface area contributed by atoms with Crippen LogP contribution >= 0.6 is 11.8 Å². The summed E-state index contributed by atoms with van der Waals surface area (Å²) in [5.41, 5.74) is -0.117. The highest BCUT2D eigenvalue weighted by molar-refractivity contribution is 7.99. The van der Waals surface area contributed by atoms with Crippen LogP contribution in [-0.4, -0.2) is 12.8 Å². The van der Waals surface area contributed by atoms with Crippen LogP contribution in [0.2, 0.25) is 0 Å². The van der Waals surface area contributed by atoms with Gasteiger partial charge in [0.15, 0.2) is 0 Å². The smallest absolute Gasteiger partial charge is 0.119 e. The number of rotatable bonds is 4. The van der Waals surface area contributed by atoms with Gasteiger partial charge in [0, 0.05) is 7.64 Å². The van der Waals surface area contributed by atoms with Gasteiger partial charge in [-0.15, -0.1) is 11.8 Å². The van der Waals surface area contributed by atoms with Crippen LogP contribution in [0.25, 0.3) is 0 Å². The predicted octanol–water partition coefficient (Wildman–Crippen LogP) is 3.93. The van der Waals surface area contributed by atoms with Gasteiger partial charge in [-0.1, -0.05) is 20.8 Å². The van der Waals surface area contributed by atoms with Crippen LogP contribution in [-0.2, 0) is 0 Å². The molecule has 0 aliphatic rings. The first kappa shape index (κ1) is 8.66. The quantitative estimate of drug-likeness (QED) is 0.551. The van der Waals surface area contributed by atoms with Crippen molar-refractivity contribution in [2.24, 2.45) is 0 Å². The maximum absolute atomic E-state index is 7.60. The van der Waals surface area contributed by atoms with Crippen molar-refractivity contribution >= 4 is 11.8 Å². The Kier molecular flexibility index (Phi) is 3.28. The predicted molar refractivity (Wildman–Crippen MR) is 63.5 cm³/mol. The maximum atomic E-state index is 7.60.